The molecule has 0 saturated heterocycles. The first-order valence-electron chi connectivity index (χ1n) is 6.43. The first-order valence-corrected chi connectivity index (χ1v) is 8.83. The van der Waals surface area contributed by atoms with Crippen LogP contribution in [-0.4, -0.2) is 14.9 Å². The number of rotatable bonds is 5. The predicted octanol–water partition coefficient (Wildman–Crippen LogP) is 4.34. The van der Waals surface area contributed by atoms with E-state index in [-0.39, 0.29) is 0 Å². The van der Waals surface area contributed by atoms with Crippen LogP contribution in [0.25, 0.3) is 0 Å². The summed E-state index contributed by atoms with van der Waals surface area (Å²) in [6, 6.07) is 2.64. The van der Waals surface area contributed by atoms with E-state index in [4.69, 9.17) is 4.43 Å². The van der Waals surface area contributed by atoms with Gasteiger partial charge < -0.3 is 4.43 Å². The monoisotopic (exact) mass is 214 g/mol. The third kappa shape index (κ3) is 2.60. The van der Waals surface area contributed by atoms with Crippen LogP contribution in [0.3, 0.4) is 0 Å². The van der Waals surface area contributed by atoms with Crippen molar-refractivity contribution in [2.45, 2.75) is 70.5 Å². The summed E-state index contributed by atoms with van der Waals surface area (Å²) in [5.74, 6) is 0. The minimum absolute atomic E-state index is 0.935. The van der Waals surface area contributed by atoms with E-state index >= 15 is 0 Å². The second kappa shape index (κ2) is 5.91. The molecule has 0 bridgehead atoms. The first kappa shape index (κ1) is 12.2. The molecule has 0 amide bonds. The molecular formula is C12H26OSi. The van der Waals surface area contributed by atoms with E-state index < -0.39 is 8.32 Å². The van der Waals surface area contributed by atoms with Crippen LogP contribution in [0.15, 0.2) is 0 Å². The number of hydrogen-bond acceptors (Lipinski definition) is 1. The largest absolute Gasteiger partial charge is 0.417 e. The van der Waals surface area contributed by atoms with Crippen molar-refractivity contribution in [2.75, 3.05) is 6.61 Å². The topological polar surface area (TPSA) is 9.23 Å². The molecule has 1 rings (SSSR count). The Morgan fingerprint density at radius 3 is 2.00 bits per heavy atom. The molecule has 0 heterocycles. The van der Waals surface area contributed by atoms with Crippen LogP contribution < -0.4 is 0 Å². The van der Waals surface area contributed by atoms with E-state index in [0.29, 0.717) is 0 Å². The Morgan fingerprint density at radius 1 is 1.00 bits per heavy atom. The first-order chi connectivity index (χ1) is 6.79. The third-order valence-electron chi connectivity index (χ3n) is 3.98. The lowest BCUT2D eigenvalue weighted by atomic mass is 10.0. The predicted molar refractivity (Wildman–Crippen MR) is 65.2 cm³/mol. The summed E-state index contributed by atoms with van der Waals surface area (Å²) in [6.45, 7) is 7.79. The van der Waals surface area contributed by atoms with Crippen molar-refractivity contribution in [1.82, 2.24) is 0 Å². The van der Waals surface area contributed by atoms with Gasteiger partial charge in [-0.1, -0.05) is 46.0 Å². The number of hydrogen-bond donors (Lipinski definition) is 0. The minimum atomic E-state index is -1.34. The molecule has 0 atom stereocenters. The SMILES string of the molecule is CCO[Si](CC)(CC)C1CCCCC1. The van der Waals surface area contributed by atoms with Crippen molar-refractivity contribution in [1.29, 1.82) is 0 Å². The summed E-state index contributed by atoms with van der Waals surface area (Å²) in [4.78, 5) is 0. The van der Waals surface area contributed by atoms with Crippen molar-refractivity contribution in [3.05, 3.63) is 0 Å². The third-order valence-corrected chi connectivity index (χ3v) is 9.30. The van der Waals surface area contributed by atoms with E-state index in [0.717, 1.165) is 12.1 Å². The Kier molecular flexibility index (Phi) is 5.17. The Morgan fingerprint density at radius 2 is 1.57 bits per heavy atom. The van der Waals surface area contributed by atoms with Crippen LogP contribution in [0.4, 0.5) is 0 Å². The second-order valence-electron chi connectivity index (χ2n) is 4.54. The van der Waals surface area contributed by atoms with Crippen molar-refractivity contribution in [2.24, 2.45) is 0 Å². The van der Waals surface area contributed by atoms with E-state index in [2.05, 4.69) is 20.8 Å². The molecule has 1 nitrogen and oxygen atoms in total. The summed E-state index contributed by atoms with van der Waals surface area (Å²) in [6.07, 6.45) is 7.27. The van der Waals surface area contributed by atoms with Gasteiger partial charge in [-0.15, -0.1) is 0 Å². The standard InChI is InChI=1S/C12H26OSi/c1-4-13-14(5-2,6-3)12-10-8-7-9-11-12/h12H,4-11H2,1-3H3. The summed E-state index contributed by atoms with van der Waals surface area (Å²) in [7, 11) is -1.34. The van der Waals surface area contributed by atoms with Gasteiger partial charge in [-0.3, -0.25) is 0 Å². The van der Waals surface area contributed by atoms with Crippen molar-refractivity contribution in [3.63, 3.8) is 0 Å². The normalized spacial score (nSPS) is 19.9. The van der Waals surface area contributed by atoms with Crippen LogP contribution in [0.2, 0.25) is 17.6 Å². The fraction of sp³-hybridized carbons (Fsp3) is 1.00. The van der Waals surface area contributed by atoms with Gasteiger partial charge >= 0.3 is 0 Å². The molecule has 0 spiro atoms. The molecule has 0 radical (unpaired) electrons. The highest BCUT2D eigenvalue weighted by Gasteiger charge is 2.39. The fourth-order valence-electron chi connectivity index (χ4n) is 3.07. The van der Waals surface area contributed by atoms with Crippen LogP contribution >= 0.6 is 0 Å². The molecule has 0 aromatic heterocycles. The average molecular weight is 214 g/mol. The molecule has 1 aliphatic rings. The van der Waals surface area contributed by atoms with E-state index in [9.17, 15) is 0 Å². The smallest absolute Gasteiger partial charge is 0.195 e. The highest BCUT2D eigenvalue weighted by molar-refractivity contribution is 6.75. The van der Waals surface area contributed by atoms with Gasteiger partial charge in [0, 0.05) is 6.61 Å². The second-order valence-corrected chi connectivity index (χ2v) is 9.19. The lowest BCUT2D eigenvalue weighted by molar-refractivity contribution is 0.296. The molecule has 0 N–H and O–H groups in total. The maximum absolute atomic E-state index is 6.21. The zero-order valence-corrected chi connectivity index (χ0v) is 11.1. The van der Waals surface area contributed by atoms with Crippen molar-refractivity contribution >= 4 is 8.32 Å². The molecular weight excluding hydrogens is 188 g/mol. The van der Waals surface area contributed by atoms with Crippen LogP contribution in [0, 0.1) is 0 Å². The van der Waals surface area contributed by atoms with Gasteiger partial charge in [-0.25, -0.2) is 0 Å². The maximum Gasteiger partial charge on any atom is 0.195 e. The zero-order chi connectivity index (χ0) is 10.4. The van der Waals surface area contributed by atoms with E-state index in [1.165, 1.54) is 44.2 Å². The highest BCUT2D eigenvalue weighted by atomic mass is 28.4. The lowest BCUT2D eigenvalue weighted by Gasteiger charge is -2.39. The van der Waals surface area contributed by atoms with Gasteiger partial charge in [0.25, 0.3) is 0 Å². The lowest BCUT2D eigenvalue weighted by Crippen LogP contribution is -2.43. The van der Waals surface area contributed by atoms with Gasteiger partial charge in [0.1, 0.15) is 0 Å². The Hall–Kier alpha value is 0.177. The molecule has 0 aromatic rings. The summed E-state index contributed by atoms with van der Waals surface area (Å²) >= 11 is 0. The van der Waals surface area contributed by atoms with Crippen LogP contribution in [0.1, 0.15) is 52.9 Å². The minimum Gasteiger partial charge on any atom is -0.417 e. The molecule has 0 unspecified atom stereocenters. The molecule has 14 heavy (non-hydrogen) atoms. The fourth-order valence-corrected chi connectivity index (χ4v) is 7.40. The van der Waals surface area contributed by atoms with Crippen molar-refractivity contribution in [3.8, 4) is 0 Å². The quantitative estimate of drug-likeness (QED) is 0.619. The summed E-state index contributed by atoms with van der Waals surface area (Å²) in [5, 5.41) is 0. The van der Waals surface area contributed by atoms with Gasteiger partial charge in [-0.2, -0.15) is 0 Å². The van der Waals surface area contributed by atoms with Gasteiger partial charge in [0.15, 0.2) is 8.32 Å². The molecule has 1 fully saturated rings. The molecule has 84 valence electrons. The van der Waals surface area contributed by atoms with E-state index in [1.807, 2.05) is 0 Å². The Bertz CT molecular complexity index is 148. The van der Waals surface area contributed by atoms with Gasteiger partial charge in [-0.05, 0) is 24.6 Å². The van der Waals surface area contributed by atoms with Crippen molar-refractivity contribution < 1.29 is 4.43 Å². The van der Waals surface area contributed by atoms with Gasteiger partial charge in [0.2, 0.25) is 0 Å². The Balaban J connectivity index is 2.62. The van der Waals surface area contributed by atoms with Crippen LogP contribution in [-0.2, 0) is 4.43 Å². The molecule has 0 aliphatic heterocycles. The Labute approximate surface area is 90.4 Å². The molecule has 1 saturated carbocycles. The average Bonchev–Trinajstić information content (AvgIpc) is 2.27. The molecule has 0 aromatic carbocycles. The zero-order valence-electron chi connectivity index (χ0n) is 10.1. The summed E-state index contributed by atoms with van der Waals surface area (Å²) in [5.41, 5.74) is 0.964. The molecule has 1 aliphatic carbocycles. The molecule has 2 heteroatoms. The summed E-state index contributed by atoms with van der Waals surface area (Å²) < 4.78 is 6.21. The van der Waals surface area contributed by atoms with Gasteiger partial charge in [0.05, 0.1) is 0 Å². The maximum atomic E-state index is 6.21. The van der Waals surface area contributed by atoms with E-state index in [1.54, 1.807) is 0 Å². The highest BCUT2D eigenvalue weighted by Crippen LogP contribution is 2.41. The van der Waals surface area contributed by atoms with Crippen LogP contribution in [0.5, 0.6) is 0 Å².